The van der Waals surface area contributed by atoms with Crippen LogP contribution in [-0.4, -0.2) is 15.9 Å². The number of hydrogen-bond donors (Lipinski definition) is 2. The Bertz CT molecular complexity index is 937. The average Bonchev–Trinajstić information content (AvgIpc) is 2.65. The summed E-state index contributed by atoms with van der Waals surface area (Å²) in [6.07, 6.45) is 1.59. The molecule has 0 aliphatic heterocycles. The third-order valence-electron chi connectivity index (χ3n) is 4.44. The zero-order chi connectivity index (χ0) is 18.5. The van der Waals surface area contributed by atoms with Crippen molar-refractivity contribution in [3.63, 3.8) is 0 Å². The molecule has 3 rings (SSSR count). The van der Waals surface area contributed by atoms with Crippen LogP contribution >= 0.6 is 0 Å². The van der Waals surface area contributed by atoms with Gasteiger partial charge < -0.3 is 10.6 Å². The van der Waals surface area contributed by atoms with Crippen molar-refractivity contribution in [2.45, 2.75) is 27.3 Å². The first-order chi connectivity index (χ1) is 12.5. The molecule has 5 nitrogen and oxygen atoms in total. The molecule has 0 saturated carbocycles. The van der Waals surface area contributed by atoms with E-state index < -0.39 is 0 Å². The Morgan fingerprint density at radius 1 is 0.962 bits per heavy atom. The van der Waals surface area contributed by atoms with E-state index in [1.807, 2.05) is 44.2 Å². The highest BCUT2D eigenvalue weighted by Crippen LogP contribution is 2.18. The number of anilines is 2. The number of nitrogens with one attached hydrogen (secondary N) is 2. The molecule has 5 heteroatoms. The van der Waals surface area contributed by atoms with Gasteiger partial charge >= 0.3 is 0 Å². The molecular formula is C21H22N4O. The highest BCUT2D eigenvalue weighted by molar-refractivity contribution is 6.03. The second kappa shape index (κ2) is 7.78. The maximum Gasteiger partial charge on any atom is 0.274 e. The van der Waals surface area contributed by atoms with E-state index in [-0.39, 0.29) is 5.91 Å². The van der Waals surface area contributed by atoms with Gasteiger partial charge in [-0.3, -0.25) is 4.79 Å². The van der Waals surface area contributed by atoms with Gasteiger partial charge in [-0.15, -0.1) is 0 Å². The van der Waals surface area contributed by atoms with Crippen molar-refractivity contribution in [1.82, 2.24) is 9.97 Å². The molecule has 0 spiro atoms. The van der Waals surface area contributed by atoms with Crippen molar-refractivity contribution in [1.29, 1.82) is 0 Å². The number of carbonyl (C=O) groups excluding carboxylic acids is 1. The van der Waals surface area contributed by atoms with Gasteiger partial charge in [0.05, 0.1) is 0 Å². The summed E-state index contributed by atoms with van der Waals surface area (Å²) in [4.78, 5) is 21.1. The van der Waals surface area contributed by atoms with Crippen LogP contribution in [0.25, 0.3) is 0 Å². The standard InChI is InChI=1S/C21H22N4O/c1-14-8-6-10-18(16(14)3)24-20(26)19-11-12-22-21(25-19)23-13-17-9-5-4-7-15(17)2/h4-12H,13H2,1-3H3,(H,24,26)(H,22,23,25). The number of nitrogens with zero attached hydrogens (tertiary/aromatic N) is 2. The molecule has 26 heavy (non-hydrogen) atoms. The topological polar surface area (TPSA) is 66.9 Å². The fourth-order valence-corrected chi connectivity index (χ4v) is 2.63. The minimum Gasteiger partial charge on any atom is -0.350 e. The lowest BCUT2D eigenvalue weighted by atomic mass is 10.1. The van der Waals surface area contributed by atoms with Gasteiger partial charge in [-0.2, -0.15) is 0 Å². The highest BCUT2D eigenvalue weighted by Gasteiger charge is 2.11. The van der Waals surface area contributed by atoms with Gasteiger partial charge in [-0.05, 0) is 55.2 Å². The molecule has 0 bridgehead atoms. The van der Waals surface area contributed by atoms with Crippen molar-refractivity contribution in [2.75, 3.05) is 10.6 Å². The zero-order valence-corrected chi connectivity index (χ0v) is 15.2. The van der Waals surface area contributed by atoms with Gasteiger partial charge in [0.1, 0.15) is 5.69 Å². The van der Waals surface area contributed by atoms with Crippen LogP contribution in [-0.2, 0) is 6.54 Å². The molecule has 0 aliphatic rings. The number of amides is 1. The number of benzene rings is 2. The van der Waals surface area contributed by atoms with Crippen LogP contribution in [0.5, 0.6) is 0 Å². The number of aromatic nitrogens is 2. The molecule has 2 aromatic carbocycles. The van der Waals surface area contributed by atoms with Gasteiger partial charge in [0, 0.05) is 18.4 Å². The fourth-order valence-electron chi connectivity index (χ4n) is 2.63. The maximum absolute atomic E-state index is 12.5. The molecule has 1 heterocycles. The lowest BCUT2D eigenvalue weighted by molar-refractivity contribution is 0.102. The first-order valence-electron chi connectivity index (χ1n) is 8.53. The average molecular weight is 346 g/mol. The fraction of sp³-hybridized carbons (Fsp3) is 0.190. The lowest BCUT2D eigenvalue weighted by Gasteiger charge is -2.11. The van der Waals surface area contributed by atoms with Crippen LogP contribution in [0.1, 0.15) is 32.7 Å². The Morgan fingerprint density at radius 3 is 2.54 bits per heavy atom. The second-order valence-electron chi connectivity index (χ2n) is 6.25. The molecule has 0 radical (unpaired) electrons. The number of aryl methyl sites for hydroxylation is 2. The minimum absolute atomic E-state index is 0.250. The minimum atomic E-state index is -0.250. The summed E-state index contributed by atoms with van der Waals surface area (Å²) >= 11 is 0. The van der Waals surface area contributed by atoms with Crippen molar-refractivity contribution < 1.29 is 4.79 Å². The largest absolute Gasteiger partial charge is 0.350 e. The Labute approximate surface area is 153 Å². The molecule has 0 atom stereocenters. The number of carbonyl (C=O) groups is 1. The van der Waals surface area contributed by atoms with E-state index >= 15 is 0 Å². The molecule has 0 aliphatic carbocycles. The van der Waals surface area contributed by atoms with E-state index in [1.165, 1.54) is 11.1 Å². The summed E-state index contributed by atoms with van der Waals surface area (Å²) in [6, 6.07) is 15.6. The van der Waals surface area contributed by atoms with Crippen LogP contribution in [0.3, 0.4) is 0 Å². The molecule has 0 unspecified atom stereocenters. The molecule has 2 N–H and O–H groups in total. The Kier molecular flexibility index (Phi) is 5.27. The molecule has 132 valence electrons. The molecular weight excluding hydrogens is 324 g/mol. The molecule has 3 aromatic rings. The molecule has 0 saturated heterocycles. The summed E-state index contributed by atoms with van der Waals surface area (Å²) in [6.45, 7) is 6.67. The van der Waals surface area contributed by atoms with E-state index in [4.69, 9.17) is 0 Å². The molecule has 0 fully saturated rings. The normalized spacial score (nSPS) is 10.4. The van der Waals surface area contributed by atoms with Crippen molar-refractivity contribution in [3.05, 3.63) is 82.7 Å². The van der Waals surface area contributed by atoms with E-state index in [1.54, 1.807) is 12.3 Å². The van der Waals surface area contributed by atoms with Crippen molar-refractivity contribution >= 4 is 17.5 Å². The first kappa shape index (κ1) is 17.6. The summed E-state index contributed by atoms with van der Waals surface area (Å²) in [5.74, 6) is 0.182. The van der Waals surface area contributed by atoms with Gasteiger partial charge in [-0.1, -0.05) is 36.4 Å². The monoisotopic (exact) mass is 346 g/mol. The summed E-state index contributed by atoms with van der Waals surface area (Å²) in [5, 5.41) is 6.10. The Hall–Kier alpha value is -3.21. The zero-order valence-electron chi connectivity index (χ0n) is 15.2. The van der Waals surface area contributed by atoms with Gasteiger partial charge in [0.2, 0.25) is 5.95 Å². The number of rotatable bonds is 5. The predicted octanol–water partition coefficient (Wildman–Crippen LogP) is 4.27. The van der Waals surface area contributed by atoms with E-state index in [9.17, 15) is 4.79 Å². The van der Waals surface area contributed by atoms with Crippen molar-refractivity contribution in [3.8, 4) is 0 Å². The van der Waals surface area contributed by atoms with Gasteiger partial charge in [0.25, 0.3) is 5.91 Å². The summed E-state index contributed by atoms with van der Waals surface area (Å²) in [7, 11) is 0. The van der Waals surface area contributed by atoms with Crippen LogP contribution < -0.4 is 10.6 Å². The predicted molar refractivity (Wildman–Crippen MR) is 104 cm³/mol. The lowest BCUT2D eigenvalue weighted by Crippen LogP contribution is -2.16. The van der Waals surface area contributed by atoms with Crippen molar-refractivity contribution in [2.24, 2.45) is 0 Å². The van der Waals surface area contributed by atoms with E-state index in [2.05, 4.69) is 39.7 Å². The SMILES string of the molecule is Cc1ccccc1CNc1nccc(C(=O)Nc2cccc(C)c2C)n1. The summed E-state index contributed by atoms with van der Waals surface area (Å²) in [5.41, 5.74) is 5.67. The van der Waals surface area contributed by atoms with Crippen LogP contribution in [0.15, 0.2) is 54.7 Å². The van der Waals surface area contributed by atoms with E-state index in [0.717, 1.165) is 16.8 Å². The van der Waals surface area contributed by atoms with Gasteiger partial charge in [0.15, 0.2) is 0 Å². The number of hydrogen-bond acceptors (Lipinski definition) is 4. The van der Waals surface area contributed by atoms with Crippen LogP contribution in [0.4, 0.5) is 11.6 Å². The quantitative estimate of drug-likeness (QED) is 0.724. The smallest absolute Gasteiger partial charge is 0.274 e. The molecule has 1 amide bonds. The van der Waals surface area contributed by atoms with Crippen LogP contribution in [0, 0.1) is 20.8 Å². The second-order valence-corrected chi connectivity index (χ2v) is 6.25. The third kappa shape index (κ3) is 4.06. The first-order valence-corrected chi connectivity index (χ1v) is 8.53. The molecule has 1 aromatic heterocycles. The maximum atomic E-state index is 12.5. The van der Waals surface area contributed by atoms with E-state index in [0.29, 0.717) is 18.2 Å². The van der Waals surface area contributed by atoms with Gasteiger partial charge in [-0.25, -0.2) is 9.97 Å². The van der Waals surface area contributed by atoms with Crippen LogP contribution in [0.2, 0.25) is 0 Å². The Morgan fingerprint density at radius 2 is 1.73 bits per heavy atom. The third-order valence-corrected chi connectivity index (χ3v) is 4.44. The Balaban J connectivity index is 1.71. The highest BCUT2D eigenvalue weighted by atomic mass is 16.1. The summed E-state index contributed by atoms with van der Waals surface area (Å²) < 4.78 is 0.